The second-order valence-corrected chi connectivity index (χ2v) is 11.4. The van der Waals surface area contributed by atoms with Crippen LogP contribution in [0.1, 0.15) is 24.2 Å². The molecular weight excluding hydrogens is 548 g/mol. The van der Waals surface area contributed by atoms with E-state index in [4.69, 9.17) is 32.4 Å². The summed E-state index contributed by atoms with van der Waals surface area (Å²) in [6, 6.07) is 2.97. The second-order valence-electron chi connectivity index (χ2n) is 8.12. The summed E-state index contributed by atoms with van der Waals surface area (Å²) in [4.78, 5) is 17.0. The predicted molar refractivity (Wildman–Crippen MR) is 136 cm³/mol. The van der Waals surface area contributed by atoms with Crippen LogP contribution in [0.2, 0.25) is 0 Å². The number of aliphatic carboxylic acids is 1. The Balaban J connectivity index is 2.71. The molecule has 0 aliphatic rings. The average Bonchev–Trinajstić information content (AvgIpc) is 2.81. The van der Waals surface area contributed by atoms with Crippen molar-refractivity contribution in [3.8, 4) is 5.75 Å². The summed E-state index contributed by atoms with van der Waals surface area (Å²) in [6.45, 7) is 3.22. The molecule has 14 nitrogen and oxygen atoms in total. The lowest BCUT2D eigenvalue weighted by molar-refractivity contribution is -0.137. The van der Waals surface area contributed by atoms with Gasteiger partial charge in [0.1, 0.15) is 25.6 Å². The molecule has 0 aliphatic carbocycles. The third kappa shape index (κ3) is 19.2. The molecule has 0 unspecified atom stereocenters. The third-order valence-corrected chi connectivity index (χ3v) is 5.74. The smallest absolute Gasteiger partial charge is 0.303 e. The Morgan fingerprint density at radius 2 is 1.37 bits per heavy atom. The maximum Gasteiger partial charge on any atom is 0.303 e. The van der Waals surface area contributed by atoms with E-state index in [0.717, 1.165) is 12.5 Å². The average molecular weight is 587 g/mol. The van der Waals surface area contributed by atoms with Crippen molar-refractivity contribution < 1.29 is 54.1 Å². The topological polar surface area (TPSA) is 177 Å². The molecule has 0 saturated carbocycles. The summed E-state index contributed by atoms with van der Waals surface area (Å²) in [5, 5.41) is 8.93. The number of carbonyl (C=O) groups is 1. The zero-order valence-corrected chi connectivity index (χ0v) is 23.6. The number of methoxy groups -OCH3 is 1. The Labute approximate surface area is 224 Å². The molecule has 0 saturated heterocycles. The van der Waals surface area contributed by atoms with Crippen LogP contribution in [0, 0.1) is 0 Å². The van der Waals surface area contributed by atoms with Gasteiger partial charge in [0.2, 0.25) is 0 Å². The Morgan fingerprint density at radius 3 is 1.89 bits per heavy atom. The van der Waals surface area contributed by atoms with Gasteiger partial charge in [-0.3, -0.25) is 23.0 Å². The van der Waals surface area contributed by atoms with Crippen LogP contribution in [0.5, 0.6) is 5.75 Å². The van der Waals surface area contributed by atoms with Crippen molar-refractivity contribution in [1.82, 2.24) is 9.88 Å². The molecule has 0 aliphatic heterocycles. The number of nitrogens with zero attached hydrogens (tertiary/aromatic N) is 2. The molecule has 1 aromatic rings. The van der Waals surface area contributed by atoms with Gasteiger partial charge in [-0.25, -0.2) is 0 Å². The lowest BCUT2D eigenvalue weighted by atomic mass is 10.3. The largest absolute Gasteiger partial charge is 0.492 e. The van der Waals surface area contributed by atoms with E-state index in [0.29, 0.717) is 64.8 Å². The summed E-state index contributed by atoms with van der Waals surface area (Å²) >= 11 is 0. The first-order valence-corrected chi connectivity index (χ1v) is 15.4. The molecule has 0 atom stereocenters. The first kappa shape index (κ1) is 34.1. The number of carboxylic acid groups (broad SMARTS) is 1. The van der Waals surface area contributed by atoms with Crippen LogP contribution in [0.25, 0.3) is 0 Å². The number of hydrogen-bond donors (Lipinski definition) is 1. The lowest BCUT2D eigenvalue weighted by Crippen LogP contribution is -2.33. The summed E-state index contributed by atoms with van der Waals surface area (Å²) in [5.41, 5.74) is 0.416. The molecule has 38 heavy (non-hydrogen) atoms. The van der Waals surface area contributed by atoms with Gasteiger partial charge >= 0.3 is 5.97 Å². The monoisotopic (exact) mass is 586 g/mol. The fraction of sp³-hybridized carbons (Fsp3) is 0.727. The Bertz CT molecular complexity index is 981. The van der Waals surface area contributed by atoms with E-state index in [9.17, 15) is 21.6 Å². The molecule has 16 heteroatoms. The normalized spacial score (nSPS) is 12.2. The van der Waals surface area contributed by atoms with Crippen molar-refractivity contribution in [2.45, 2.75) is 26.1 Å². The SMILES string of the molecule is COCCOCCOCCN(CCCC(=O)O)CCOc1cc(COS(C)(=O)=O)nc(COS(C)(=O)=O)c1. The zero-order valence-electron chi connectivity index (χ0n) is 22.0. The molecule has 0 spiro atoms. The minimum Gasteiger partial charge on any atom is -0.492 e. The van der Waals surface area contributed by atoms with Gasteiger partial charge in [-0.2, -0.15) is 16.8 Å². The molecule has 1 aromatic heterocycles. The maximum absolute atomic E-state index is 11.3. The Hall–Kier alpha value is -1.92. The van der Waals surface area contributed by atoms with E-state index in [1.54, 1.807) is 7.11 Å². The minimum absolute atomic E-state index is 0.0311. The molecular formula is C22H38N2O12S2. The van der Waals surface area contributed by atoms with Crippen molar-refractivity contribution in [2.24, 2.45) is 0 Å². The molecule has 1 heterocycles. The maximum atomic E-state index is 11.3. The number of ether oxygens (including phenoxy) is 4. The van der Waals surface area contributed by atoms with E-state index in [2.05, 4.69) is 4.98 Å². The number of rotatable bonds is 23. The van der Waals surface area contributed by atoms with Crippen LogP contribution < -0.4 is 4.74 Å². The standard InChI is InChI=1S/C22H38N2O12S2/c1-31-11-12-33-14-13-32-9-7-24(6-4-5-22(25)26)8-10-34-21-15-19(17-35-37(2,27)28)23-20(16-21)18-36-38(3,29)30/h15-16H,4-14,17-18H2,1-3H3,(H,25,26). The molecule has 0 fully saturated rings. The first-order valence-electron chi connectivity index (χ1n) is 11.8. The molecule has 0 bridgehead atoms. The highest BCUT2D eigenvalue weighted by atomic mass is 32.2. The van der Waals surface area contributed by atoms with Gasteiger partial charge in [-0.15, -0.1) is 0 Å². The molecule has 0 aromatic carbocycles. The third-order valence-electron chi connectivity index (χ3n) is 4.64. The van der Waals surface area contributed by atoms with Crippen LogP contribution in [0.4, 0.5) is 0 Å². The van der Waals surface area contributed by atoms with Crippen molar-refractivity contribution in [3.63, 3.8) is 0 Å². The Morgan fingerprint density at radius 1 is 0.842 bits per heavy atom. The number of pyridine rings is 1. The van der Waals surface area contributed by atoms with Gasteiger partial charge in [-0.05, 0) is 13.0 Å². The molecule has 0 radical (unpaired) electrons. The van der Waals surface area contributed by atoms with Crippen LogP contribution >= 0.6 is 0 Å². The van der Waals surface area contributed by atoms with E-state index in [-0.39, 0.29) is 37.6 Å². The van der Waals surface area contributed by atoms with Crippen molar-refractivity contribution in [2.75, 3.05) is 78.9 Å². The van der Waals surface area contributed by atoms with Crippen molar-refractivity contribution in [1.29, 1.82) is 0 Å². The van der Waals surface area contributed by atoms with Gasteiger partial charge in [0.25, 0.3) is 20.2 Å². The zero-order chi connectivity index (χ0) is 28.4. The van der Waals surface area contributed by atoms with Crippen molar-refractivity contribution in [3.05, 3.63) is 23.5 Å². The Kier molecular flexibility index (Phi) is 16.5. The van der Waals surface area contributed by atoms with Gasteiger partial charge < -0.3 is 24.1 Å². The van der Waals surface area contributed by atoms with Crippen LogP contribution in [-0.4, -0.2) is 117 Å². The van der Waals surface area contributed by atoms with E-state index in [1.807, 2.05) is 4.90 Å². The quantitative estimate of drug-likeness (QED) is 0.136. The highest BCUT2D eigenvalue weighted by Gasteiger charge is 2.12. The second kappa shape index (κ2) is 18.4. The number of aromatic nitrogens is 1. The van der Waals surface area contributed by atoms with Gasteiger partial charge in [0.15, 0.2) is 0 Å². The minimum atomic E-state index is -3.73. The summed E-state index contributed by atoms with van der Waals surface area (Å²) in [6.07, 6.45) is 2.28. The summed E-state index contributed by atoms with van der Waals surface area (Å²) in [5.74, 6) is -0.565. The van der Waals surface area contributed by atoms with E-state index >= 15 is 0 Å². The van der Waals surface area contributed by atoms with Gasteiger partial charge in [-0.1, -0.05) is 0 Å². The van der Waals surface area contributed by atoms with Gasteiger partial charge in [0, 0.05) is 38.8 Å². The highest BCUT2D eigenvalue weighted by Crippen LogP contribution is 2.17. The summed E-state index contributed by atoms with van der Waals surface area (Å²) < 4.78 is 76.6. The van der Waals surface area contributed by atoms with Crippen LogP contribution in [0.15, 0.2) is 12.1 Å². The van der Waals surface area contributed by atoms with Crippen molar-refractivity contribution >= 4 is 26.2 Å². The van der Waals surface area contributed by atoms with Crippen LogP contribution in [-0.2, 0) is 60.8 Å². The number of carboxylic acids is 1. The predicted octanol–water partition coefficient (Wildman–Crippen LogP) is 0.259. The van der Waals surface area contributed by atoms with Gasteiger partial charge in [0.05, 0.1) is 56.9 Å². The fourth-order valence-electron chi connectivity index (χ4n) is 2.92. The van der Waals surface area contributed by atoms with Crippen LogP contribution in [0.3, 0.4) is 0 Å². The highest BCUT2D eigenvalue weighted by molar-refractivity contribution is 7.86. The summed E-state index contributed by atoms with van der Waals surface area (Å²) in [7, 11) is -5.86. The van der Waals surface area contributed by atoms with E-state index in [1.165, 1.54) is 12.1 Å². The molecule has 1 N–H and O–H groups in total. The lowest BCUT2D eigenvalue weighted by Gasteiger charge is -2.22. The molecule has 0 amide bonds. The molecule has 1 rings (SSSR count). The molecule has 220 valence electrons. The number of hydrogen-bond acceptors (Lipinski definition) is 13. The van der Waals surface area contributed by atoms with E-state index < -0.39 is 26.2 Å². The fourth-order valence-corrected chi connectivity index (χ4v) is 3.59. The first-order chi connectivity index (χ1) is 17.9.